The van der Waals surface area contributed by atoms with E-state index in [1.54, 1.807) is 4.90 Å². The van der Waals surface area contributed by atoms with Crippen molar-refractivity contribution in [3.63, 3.8) is 0 Å². The molecule has 0 radical (unpaired) electrons. The highest BCUT2D eigenvalue weighted by molar-refractivity contribution is 9.10. The van der Waals surface area contributed by atoms with Crippen LogP contribution in [0.25, 0.3) is 4.96 Å². The zero-order valence-corrected chi connectivity index (χ0v) is 19.3. The summed E-state index contributed by atoms with van der Waals surface area (Å²) in [6.45, 7) is 6.67. The summed E-state index contributed by atoms with van der Waals surface area (Å²) >= 11 is 4.95. The third-order valence-electron chi connectivity index (χ3n) is 5.20. The second-order valence-electron chi connectivity index (χ2n) is 7.04. The molecular formula is C20H24BrN5O3S. The van der Waals surface area contributed by atoms with Gasteiger partial charge < -0.3 is 14.7 Å². The maximum atomic E-state index is 12.1. The Balaban J connectivity index is 1.66. The molecule has 1 saturated heterocycles. The quantitative estimate of drug-likeness (QED) is 0.583. The molecular weight excluding hydrogens is 470 g/mol. The van der Waals surface area contributed by atoms with E-state index in [9.17, 15) is 9.90 Å². The number of hydrogen-bond acceptors (Lipinski definition) is 7. The number of fused-ring (bicyclic) bond motifs is 1. The fourth-order valence-electron chi connectivity index (χ4n) is 3.67. The fourth-order valence-corrected chi connectivity index (χ4v) is 5.07. The van der Waals surface area contributed by atoms with E-state index in [0.717, 1.165) is 21.3 Å². The molecule has 1 aromatic carbocycles. The number of carbonyl (C=O) groups excluding carboxylic acids is 1. The second kappa shape index (κ2) is 8.91. The van der Waals surface area contributed by atoms with Gasteiger partial charge in [-0.3, -0.25) is 4.90 Å². The lowest BCUT2D eigenvalue weighted by atomic mass is 10.0. The van der Waals surface area contributed by atoms with Gasteiger partial charge in [0.25, 0.3) is 0 Å². The number of aryl methyl sites for hydroxylation is 1. The van der Waals surface area contributed by atoms with Gasteiger partial charge in [0.15, 0.2) is 5.82 Å². The number of amides is 1. The van der Waals surface area contributed by atoms with E-state index >= 15 is 0 Å². The van der Waals surface area contributed by atoms with Crippen molar-refractivity contribution in [2.24, 2.45) is 0 Å². The van der Waals surface area contributed by atoms with Crippen LogP contribution in [-0.4, -0.2) is 68.4 Å². The number of aromatic nitrogens is 3. The number of rotatable bonds is 5. The van der Waals surface area contributed by atoms with Crippen LogP contribution in [-0.2, 0) is 11.2 Å². The van der Waals surface area contributed by atoms with Crippen LogP contribution in [0, 0.1) is 0 Å². The number of aromatic hydroxyl groups is 1. The molecule has 30 heavy (non-hydrogen) atoms. The number of halogens is 1. The number of ether oxygens (including phenoxy) is 1. The smallest absolute Gasteiger partial charge is 0.409 e. The number of thiazole rings is 1. The Labute approximate surface area is 187 Å². The highest BCUT2D eigenvalue weighted by atomic mass is 79.9. The lowest BCUT2D eigenvalue weighted by Crippen LogP contribution is -2.49. The van der Waals surface area contributed by atoms with Crippen LogP contribution in [0.2, 0.25) is 0 Å². The molecule has 160 valence electrons. The van der Waals surface area contributed by atoms with Crippen LogP contribution in [0.3, 0.4) is 0 Å². The SMILES string of the molecule is CCOC(=O)N1CCN(C(c2ccc(Br)cc2)c2sc3nc(CC)nn3c2O)CC1. The Bertz CT molecular complexity index is 1030. The topological polar surface area (TPSA) is 83.2 Å². The zero-order valence-electron chi connectivity index (χ0n) is 16.9. The Morgan fingerprint density at radius 3 is 2.53 bits per heavy atom. The van der Waals surface area contributed by atoms with Crippen LogP contribution >= 0.6 is 27.3 Å². The van der Waals surface area contributed by atoms with Crippen LogP contribution in [0.4, 0.5) is 4.79 Å². The van der Waals surface area contributed by atoms with E-state index in [0.29, 0.717) is 43.6 Å². The predicted molar refractivity (Wildman–Crippen MR) is 118 cm³/mol. The lowest BCUT2D eigenvalue weighted by molar-refractivity contribution is 0.0715. The van der Waals surface area contributed by atoms with Gasteiger partial charge in [0.05, 0.1) is 17.5 Å². The standard InChI is InChI=1S/C20H24BrN5O3S/c1-3-15-22-19-26(23-15)18(27)17(30-19)16(13-5-7-14(21)8-6-13)24-9-11-25(12-10-24)20(28)29-4-2/h5-8,16,27H,3-4,9-12H2,1-2H3. The molecule has 0 saturated carbocycles. The van der Waals surface area contributed by atoms with Crippen LogP contribution in [0.5, 0.6) is 5.88 Å². The van der Waals surface area contributed by atoms with Gasteiger partial charge in [-0.1, -0.05) is 46.3 Å². The van der Waals surface area contributed by atoms with Gasteiger partial charge in [-0.2, -0.15) is 4.52 Å². The Kier molecular flexibility index (Phi) is 6.26. The first kappa shape index (κ1) is 21.1. The minimum absolute atomic E-state index is 0.128. The maximum Gasteiger partial charge on any atom is 0.409 e. The number of carbonyl (C=O) groups is 1. The Hall–Kier alpha value is -2.17. The summed E-state index contributed by atoms with van der Waals surface area (Å²) in [5.74, 6) is 0.842. The highest BCUT2D eigenvalue weighted by Crippen LogP contribution is 2.40. The summed E-state index contributed by atoms with van der Waals surface area (Å²) in [7, 11) is 0. The van der Waals surface area contributed by atoms with E-state index in [1.807, 2.05) is 26.0 Å². The molecule has 8 nitrogen and oxygen atoms in total. The van der Waals surface area contributed by atoms with Gasteiger partial charge >= 0.3 is 6.09 Å². The summed E-state index contributed by atoms with van der Waals surface area (Å²) < 4.78 is 7.66. The molecule has 4 rings (SSSR count). The van der Waals surface area contributed by atoms with Gasteiger partial charge in [0.2, 0.25) is 10.8 Å². The predicted octanol–water partition coefficient (Wildman–Crippen LogP) is 3.68. The van der Waals surface area contributed by atoms with Gasteiger partial charge in [0, 0.05) is 37.1 Å². The van der Waals surface area contributed by atoms with E-state index < -0.39 is 0 Å². The Morgan fingerprint density at radius 2 is 1.93 bits per heavy atom. The summed E-state index contributed by atoms with van der Waals surface area (Å²) in [4.78, 5) is 22.1. The minimum Gasteiger partial charge on any atom is -0.492 e. The molecule has 10 heteroatoms. The molecule has 0 bridgehead atoms. The average Bonchev–Trinajstić information content (AvgIpc) is 3.29. The molecule has 0 spiro atoms. The normalized spacial score (nSPS) is 16.2. The van der Waals surface area contributed by atoms with Crippen LogP contribution in [0.15, 0.2) is 28.7 Å². The third kappa shape index (κ3) is 4.03. The second-order valence-corrected chi connectivity index (χ2v) is 8.97. The molecule has 1 aliphatic heterocycles. The first-order valence-electron chi connectivity index (χ1n) is 10.00. The minimum atomic E-state index is -0.272. The lowest BCUT2D eigenvalue weighted by Gasteiger charge is -2.38. The number of nitrogens with zero attached hydrogens (tertiary/aromatic N) is 5. The number of piperazine rings is 1. The largest absolute Gasteiger partial charge is 0.492 e. The van der Waals surface area contributed by atoms with Crippen molar-refractivity contribution in [2.45, 2.75) is 26.3 Å². The molecule has 1 aliphatic rings. The number of hydrogen-bond donors (Lipinski definition) is 1. The molecule has 3 heterocycles. The molecule has 3 aromatic rings. The van der Waals surface area contributed by atoms with Gasteiger partial charge in [-0.15, -0.1) is 5.10 Å². The highest BCUT2D eigenvalue weighted by Gasteiger charge is 2.33. The van der Waals surface area contributed by atoms with Crippen molar-refractivity contribution in [1.29, 1.82) is 0 Å². The Morgan fingerprint density at radius 1 is 1.23 bits per heavy atom. The fraction of sp³-hybridized carbons (Fsp3) is 0.450. The maximum absolute atomic E-state index is 12.1. The van der Waals surface area contributed by atoms with Crippen molar-refractivity contribution in [3.8, 4) is 5.88 Å². The molecule has 1 N–H and O–H groups in total. The van der Waals surface area contributed by atoms with Crippen molar-refractivity contribution in [3.05, 3.63) is 45.0 Å². The van der Waals surface area contributed by atoms with Gasteiger partial charge in [-0.25, -0.2) is 9.78 Å². The summed E-state index contributed by atoms with van der Waals surface area (Å²) in [6.07, 6.45) is 0.445. The molecule has 1 atom stereocenters. The molecule has 2 aromatic heterocycles. The third-order valence-corrected chi connectivity index (χ3v) is 6.80. The van der Waals surface area contributed by atoms with Crippen molar-refractivity contribution in [1.82, 2.24) is 24.4 Å². The average molecular weight is 494 g/mol. The first-order valence-corrected chi connectivity index (χ1v) is 11.6. The summed E-state index contributed by atoms with van der Waals surface area (Å²) in [5.41, 5.74) is 1.07. The summed E-state index contributed by atoms with van der Waals surface area (Å²) in [5, 5.41) is 15.4. The molecule has 0 aliphatic carbocycles. The van der Waals surface area contributed by atoms with Crippen LogP contribution in [0.1, 0.15) is 36.2 Å². The number of benzene rings is 1. The van der Waals surface area contributed by atoms with E-state index in [4.69, 9.17) is 4.74 Å². The molecule has 1 amide bonds. The van der Waals surface area contributed by atoms with Gasteiger partial charge in [0.1, 0.15) is 0 Å². The van der Waals surface area contributed by atoms with E-state index in [1.165, 1.54) is 15.9 Å². The summed E-state index contributed by atoms with van der Waals surface area (Å²) in [6, 6.07) is 7.96. The van der Waals surface area contributed by atoms with Crippen LogP contribution < -0.4 is 0 Å². The molecule has 1 unspecified atom stereocenters. The van der Waals surface area contributed by atoms with E-state index in [2.05, 4.69) is 43.0 Å². The molecule has 1 fully saturated rings. The van der Waals surface area contributed by atoms with E-state index in [-0.39, 0.29) is 18.0 Å². The van der Waals surface area contributed by atoms with Crippen molar-refractivity contribution in [2.75, 3.05) is 32.8 Å². The monoisotopic (exact) mass is 493 g/mol. The van der Waals surface area contributed by atoms with Crippen molar-refractivity contribution >= 4 is 38.3 Å². The van der Waals surface area contributed by atoms with Gasteiger partial charge in [-0.05, 0) is 24.6 Å². The zero-order chi connectivity index (χ0) is 21.3. The van der Waals surface area contributed by atoms with Crippen molar-refractivity contribution < 1.29 is 14.6 Å². The first-order chi connectivity index (χ1) is 14.5.